The molecular formula is C46H80NO7P. The first-order valence-corrected chi connectivity index (χ1v) is 22.8. The van der Waals surface area contributed by atoms with E-state index in [1.807, 2.05) is 21.1 Å². The molecule has 55 heavy (non-hydrogen) atoms. The molecule has 0 aromatic heterocycles. The number of nitrogens with zero attached hydrogens (tertiary/aromatic N) is 1. The first-order chi connectivity index (χ1) is 26.6. The molecular weight excluding hydrogens is 709 g/mol. The standard InChI is InChI=1S/C46H80NO7P/c1-6-8-10-12-14-16-17-18-19-20-21-22-23-24-25-26-27-28-29-30-32-34-36-38-41-51-43-45(44-53-55(49,50)52-42-40-47(3,4)5)54-46(48)39-37-35-33-31-15-13-11-9-7-2/h8,10,14,16,18-19,21-22,24-25,27-28,30,32,45H,6-7,9,11-13,15,17,20,23,26,29,31,33-44H2,1-5H3/b10-8-,16-14-,19-18-,22-21-,25-24-,28-27-,32-30-. The molecule has 0 aliphatic carbocycles. The number of phosphoric acid groups is 1. The zero-order valence-corrected chi connectivity index (χ0v) is 36.5. The Labute approximate surface area is 337 Å². The number of hydrogen-bond acceptors (Lipinski definition) is 7. The van der Waals surface area contributed by atoms with Crippen LogP contribution in [0.5, 0.6) is 0 Å². The summed E-state index contributed by atoms with van der Waals surface area (Å²) in [5.41, 5.74) is 0. The quantitative estimate of drug-likeness (QED) is 0.0202. The van der Waals surface area contributed by atoms with E-state index in [1.165, 1.54) is 38.5 Å². The van der Waals surface area contributed by atoms with Crippen LogP contribution >= 0.6 is 7.82 Å². The number of carbonyl (C=O) groups is 1. The molecule has 0 fully saturated rings. The molecule has 0 aliphatic heterocycles. The summed E-state index contributed by atoms with van der Waals surface area (Å²) < 4.78 is 34.4. The highest BCUT2D eigenvalue weighted by atomic mass is 31.2. The minimum atomic E-state index is -4.53. The third-order valence-corrected chi connectivity index (χ3v) is 9.43. The van der Waals surface area contributed by atoms with Gasteiger partial charge in [0.2, 0.25) is 0 Å². The Hall–Kier alpha value is -2.32. The first-order valence-electron chi connectivity index (χ1n) is 21.3. The summed E-state index contributed by atoms with van der Waals surface area (Å²) in [7, 11) is 1.31. The summed E-state index contributed by atoms with van der Waals surface area (Å²) in [6, 6.07) is 0. The van der Waals surface area contributed by atoms with Crippen molar-refractivity contribution in [1.29, 1.82) is 0 Å². The third kappa shape index (κ3) is 42.7. The van der Waals surface area contributed by atoms with Crippen LogP contribution in [0.25, 0.3) is 0 Å². The Morgan fingerprint density at radius 1 is 0.582 bits per heavy atom. The molecule has 0 saturated heterocycles. The predicted octanol–water partition coefficient (Wildman–Crippen LogP) is 11.9. The average Bonchev–Trinajstić information content (AvgIpc) is 3.13. The molecule has 2 atom stereocenters. The number of likely N-dealkylation sites (N-methyl/N-ethyl adjacent to an activating group) is 1. The molecule has 0 rings (SSSR count). The molecule has 0 radical (unpaired) electrons. The second kappa shape index (κ2) is 38.5. The summed E-state index contributed by atoms with van der Waals surface area (Å²) in [6.07, 6.45) is 50.4. The van der Waals surface area contributed by atoms with E-state index >= 15 is 0 Å². The van der Waals surface area contributed by atoms with Crippen LogP contribution in [0.3, 0.4) is 0 Å². The number of hydrogen-bond donors (Lipinski definition) is 0. The topological polar surface area (TPSA) is 94.1 Å². The van der Waals surface area contributed by atoms with Gasteiger partial charge in [-0.15, -0.1) is 0 Å². The van der Waals surface area contributed by atoms with Crippen molar-refractivity contribution in [2.45, 2.75) is 148 Å². The molecule has 0 aromatic carbocycles. The number of allylic oxidation sites excluding steroid dienone is 14. The van der Waals surface area contributed by atoms with Gasteiger partial charge in [0, 0.05) is 13.0 Å². The maximum atomic E-state index is 12.6. The normalized spacial score (nSPS) is 14.7. The zero-order chi connectivity index (χ0) is 40.6. The largest absolute Gasteiger partial charge is 0.756 e. The minimum Gasteiger partial charge on any atom is -0.756 e. The van der Waals surface area contributed by atoms with Crippen molar-refractivity contribution >= 4 is 13.8 Å². The Kier molecular flexibility index (Phi) is 36.9. The molecule has 0 amide bonds. The molecule has 0 aromatic rings. The molecule has 0 aliphatic rings. The van der Waals surface area contributed by atoms with Crippen LogP contribution in [0, 0.1) is 0 Å². The highest BCUT2D eigenvalue weighted by Crippen LogP contribution is 2.38. The number of quaternary nitrogens is 1. The number of ether oxygens (including phenoxy) is 2. The molecule has 2 unspecified atom stereocenters. The van der Waals surface area contributed by atoms with Crippen LogP contribution in [0.15, 0.2) is 85.1 Å². The predicted molar refractivity (Wildman–Crippen MR) is 231 cm³/mol. The van der Waals surface area contributed by atoms with Crippen molar-refractivity contribution in [2.24, 2.45) is 0 Å². The molecule has 0 N–H and O–H groups in total. The van der Waals surface area contributed by atoms with Crippen molar-refractivity contribution in [3.05, 3.63) is 85.1 Å². The van der Waals surface area contributed by atoms with Gasteiger partial charge in [-0.2, -0.15) is 0 Å². The Bertz CT molecular complexity index is 1150. The summed E-state index contributed by atoms with van der Waals surface area (Å²) >= 11 is 0. The SMILES string of the molecule is CC/C=C\C/C=C\C/C=C\C/C=C\C/C=C\C/C=C\C/C=C\CCCCOCC(COP(=O)([O-])OCC[N+](C)(C)C)OC(=O)CCCCCCCCCCC. The van der Waals surface area contributed by atoms with Gasteiger partial charge in [0.25, 0.3) is 7.82 Å². The molecule has 9 heteroatoms. The second-order valence-corrected chi connectivity index (χ2v) is 16.4. The number of carbonyl (C=O) groups excluding carboxylic acids is 1. The van der Waals surface area contributed by atoms with Crippen molar-refractivity contribution in [1.82, 2.24) is 0 Å². The molecule has 0 bridgehead atoms. The highest BCUT2D eigenvalue weighted by Gasteiger charge is 2.20. The summed E-state index contributed by atoms with van der Waals surface area (Å²) in [5.74, 6) is -0.358. The molecule has 0 spiro atoms. The third-order valence-electron chi connectivity index (χ3n) is 8.46. The van der Waals surface area contributed by atoms with E-state index in [0.717, 1.165) is 83.5 Å². The molecule has 316 valence electrons. The van der Waals surface area contributed by atoms with Crippen LogP contribution in [0.1, 0.15) is 142 Å². The Morgan fingerprint density at radius 2 is 1.05 bits per heavy atom. The van der Waals surface area contributed by atoms with Crippen LogP contribution in [-0.2, 0) is 27.9 Å². The summed E-state index contributed by atoms with van der Waals surface area (Å²) in [5, 5.41) is 0. The fourth-order valence-corrected chi connectivity index (χ4v) is 5.90. The maximum absolute atomic E-state index is 12.6. The van der Waals surface area contributed by atoms with E-state index in [-0.39, 0.29) is 25.8 Å². The number of rotatable bonds is 38. The highest BCUT2D eigenvalue weighted by molar-refractivity contribution is 7.45. The summed E-state index contributed by atoms with van der Waals surface area (Å²) in [6.45, 7) is 5.13. The van der Waals surface area contributed by atoms with Crippen molar-refractivity contribution in [2.75, 3.05) is 54.1 Å². The smallest absolute Gasteiger partial charge is 0.306 e. The number of esters is 1. The first kappa shape index (κ1) is 52.7. The van der Waals surface area contributed by atoms with Crippen LogP contribution in [-0.4, -0.2) is 70.7 Å². The fourth-order valence-electron chi connectivity index (χ4n) is 5.17. The molecule has 0 heterocycles. The van der Waals surface area contributed by atoms with Crippen LogP contribution in [0.2, 0.25) is 0 Å². The number of phosphoric ester groups is 1. The number of unbranched alkanes of at least 4 members (excludes halogenated alkanes) is 10. The second-order valence-electron chi connectivity index (χ2n) is 15.0. The van der Waals surface area contributed by atoms with E-state index in [2.05, 4.69) is 98.9 Å². The summed E-state index contributed by atoms with van der Waals surface area (Å²) in [4.78, 5) is 24.9. The molecule has 0 saturated carbocycles. The van der Waals surface area contributed by atoms with Crippen LogP contribution < -0.4 is 4.89 Å². The monoisotopic (exact) mass is 790 g/mol. The Balaban J connectivity index is 4.28. The van der Waals surface area contributed by atoms with Gasteiger partial charge in [0.05, 0.1) is 34.4 Å². The fraction of sp³-hybridized carbons (Fsp3) is 0.674. The van der Waals surface area contributed by atoms with Gasteiger partial charge in [-0.05, 0) is 70.6 Å². The average molecular weight is 790 g/mol. The minimum absolute atomic E-state index is 0.0136. The van der Waals surface area contributed by atoms with Gasteiger partial charge in [-0.3, -0.25) is 9.36 Å². The van der Waals surface area contributed by atoms with Gasteiger partial charge in [-0.25, -0.2) is 0 Å². The van der Waals surface area contributed by atoms with E-state index in [4.69, 9.17) is 18.5 Å². The van der Waals surface area contributed by atoms with E-state index in [1.54, 1.807) is 0 Å². The lowest BCUT2D eigenvalue weighted by molar-refractivity contribution is -0.870. The van der Waals surface area contributed by atoms with E-state index < -0.39 is 13.9 Å². The van der Waals surface area contributed by atoms with Gasteiger partial charge in [0.1, 0.15) is 19.3 Å². The molecule has 8 nitrogen and oxygen atoms in total. The van der Waals surface area contributed by atoms with Crippen molar-refractivity contribution < 1.29 is 37.3 Å². The lowest BCUT2D eigenvalue weighted by atomic mass is 10.1. The lowest BCUT2D eigenvalue weighted by Crippen LogP contribution is -2.37. The lowest BCUT2D eigenvalue weighted by Gasteiger charge is -2.28. The van der Waals surface area contributed by atoms with Crippen LogP contribution in [0.4, 0.5) is 0 Å². The van der Waals surface area contributed by atoms with E-state index in [9.17, 15) is 14.3 Å². The van der Waals surface area contributed by atoms with Gasteiger partial charge >= 0.3 is 5.97 Å². The van der Waals surface area contributed by atoms with Crippen molar-refractivity contribution in [3.8, 4) is 0 Å². The van der Waals surface area contributed by atoms with Crippen molar-refractivity contribution in [3.63, 3.8) is 0 Å². The zero-order valence-electron chi connectivity index (χ0n) is 35.6. The maximum Gasteiger partial charge on any atom is 0.306 e. The Morgan fingerprint density at radius 3 is 1.55 bits per heavy atom. The van der Waals surface area contributed by atoms with Gasteiger partial charge < -0.3 is 27.9 Å². The van der Waals surface area contributed by atoms with Gasteiger partial charge in [0.15, 0.2) is 0 Å². The van der Waals surface area contributed by atoms with E-state index in [0.29, 0.717) is 24.1 Å². The van der Waals surface area contributed by atoms with Gasteiger partial charge in [-0.1, -0.05) is 150 Å².